The van der Waals surface area contributed by atoms with Crippen LogP contribution in [0.1, 0.15) is 13.8 Å². The van der Waals surface area contributed by atoms with Gasteiger partial charge in [-0.15, -0.1) is 0 Å². The molecule has 1 N–H and O–H groups in total. The van der Waals surface area contributed by atoms with E-state index in [1.165, 1.54) is 6.08 Å². The lowest BCUT2D eigenvalue weighted by molar-refractivity contribution is -0.112. The van der Waals surface area contributed by atoms with Gasteiger partial charge in [0.05, 0.1) is 0 Å². The van der Waals surface area contributed by atoms with Crippen molar-refractivity contribution in [3.63, 3.8) is 0 Å². The lowest BCUT2D eigenvalue weighted by atomic mass is 10.3. The minimum absolute atomic E-state index is 0.157. The maximum atomic E-state index is 11.3. The Morgan fingerprint density at radius 3 is 2.86 bits per heavy atom. The molecular weight excluding hydrogens is 244 g/mol. The Bertz CT molecular complexity index is 370. The number of allylic oxidation sites excluding steroid dienone is 1. The van der Waals surface area contributed by atoms with Crippen LogP contribution in [0.5, 0.6) is 0 Å². The maximum Gasteiger partial charge on any atom is 0.249 e. The molecule has 3 nitrogen and oxygen atoms in total. The van der Waals surface area contributed by atoms with Crippen LogP contribution in [0, 0.1) is 0 Å². The molecule has 4 heteroatoms. The number of carbonyl (C=O) groups is 1. The quantitative estimate of drug-likeness (QED) is 0.825. The number of amides is 1. The van der Waals surface area contributed by atoms with E-state index < -0.39 is 0 Å². The summed E-state index contributed by atoms with van der Waals surface area (Å²) < 4.78 is 0.889. The van der Waals surface area contributed by atoms with Gasteiger partial charge in [-0.3, -0.25) is 4.79 Å². The van der Waals surface area contributed by atoms with Crippen LogP contribution < -0.4 is 5.32 Å². The summed E-state index contributed by atoms with van der Waals surface area (Å²) in [7, 11) is 0. The summed E-state index contributed by atoms with van der Waals surface area (Å²) in [6.45, 7) is 3.74. The van der Waals surface area contributed by atoms with Gasteiger partial charge in [0, 0.05) is 16.7 Å². The summed E-state index contributed by atoms with van der Waals surface area (Å²) in [4.78, 5) is 15.3. The molecular formula is C10H11BrN2O. The number of aromatic nitrogens is 1. The Kier molecular flexibility index (Phi) is 3.83. The lowest BCUT2D eigenvalue weighted by Crippen LogP contribution is -2.09. The Morgan fingerprint density at radius 1 is 1.57 bits per heavy atom. The molecule has 1 rings (SSSR count). The highest BCUT2D eigenvalue weighted by atomic mass is 79.9. The Labute approximate surface area is 91.4 Å². The van der Waals surface area contributed by atoms with Crippen molar-refractivity contribution in [2.45, 2.75) is 13.8 Å². The van der Waals surface area contributed by atoms with Crippen molar-refractivity contribution in [1.82, 2.24) is 4.98 Å². The molecule has 1 heterocycles. The van der Waals surface area contributed by atoms with Gasteiger partial charge >= 0.3 is 0 Å². The second-order valence-electron chi connectivity index (χ2n) is 3.07. The molecule has 0 unspecified atom stereocenters. The first-order valence-corrected chi connectivity index (χ1v) is 4.94. The smallest absolute Gasteiger partial charge is 0.249 e. The zero-order chi connectivity index (χ0) is 10.6. The number of nitrogens with one attached hydrogen (secondary N) is 1. The number of halogens is 1. The standard InChI is InChI=1S/C10H11BrN2O/c1-7(2)5-10(14)13-9-6-8(11)3-4-12-9/h3-6H,1-2H3,(H,12,13,14). The van der Waals surface area contributed by atoms with Crippen LogP contribution in [0.2, 0.25) is 0 Å². The summed E-state index contributed by atoms with van der Waals surface area (Å²) in [5.41, 5.74) is 0.956. The van der Waals surface area contributed by atoms with Crippen molar-refractivity contribution >= 4 is 27.7 Å². The van der Waals surface area contributed by atoms with E-state index in [0.717, 1.165) is 10.0 Å². The number of carbonyl (C=O) groups excluding carboxylic acids is 1. The summed E-state index contributed by atoms with van der Waals surface area (Å²) in [5.74, 6) is 0.387. The molecule has 0 aliphatic rings. The van der Waals surface area contributed by atoms with E-state index in [-0.39, 0.29) is 5.91 Å². The molecule has 1 amide bonds. The van der Waals surface area contributed by atoms with Gasteiger partial charge in [-0.1, -0.05) is 21.5 Å². The second-order valence-corrected chi connectivity index (χ2v) is 3.99. The normalized spacial score (nSPS) is 9.36. The zero-order valence-electron chi connectivity index (χ0n) is 8.04. The van der Waals surface area contributed by atoms with E-state index >= 15 is 0 Å². The van der Waals surface area contributed by atoms with Gasteiger partial charge in [-0.25, -0.2) is 4.98 Å². The van der Waals surface area contributed by atoms with Gasteiger partial charge in [0.1, 0.15) is 5.82 Å². The lowest BCUT2D eigenvalue weighted by Gasteiger charge is -2.01. The van der Waals surface area contributed by atoms with Gasteiger partial charge in [0.15, 0.2) is 0 Å². The fraction of sp³-hybridized carbons (Fsp3) is 0.200. The molecule has 0 atom stereocenters. The number of rotatable bonds is 2. The highest BCUT2D eigenvalue weighted by Crippen LogP contribution is 2.12. The molecule has 0 fully saturated rings. The first-order chi connectivity index (χ1) is 6.58. The van der Waals surface area contributed by atoms with Crippen LogP contribution in [-0.2, 0) is 4.79 Å². The number of nitrogens with zero attached hydrogens (tertiary/aromatic N) is 1. The second kappa shape index (κ2) is 4.91. The van der Waals surface area contributed by atoms with Crippen LogP contribution in [0.25, 0.3) is 0 Å². The van der Waals surface area contributed by atoms with Crippen molar-refractivity contribution in [2.75, 3.05) is 5.32 Å². The highest BCUT2D eigenvalue weighted by molar-refractivity contribution is 9.10. The van der Waals surface area contributed by atoms with E-state index in [1.54, 1.807) is 18.3 Å². The molecule has 0 spiro atoms. The summed E-state index contributed by atoms with van der Waals surface area (Å²) >= 11 is 3.30. The largest absolute Gasteiger partial charge is 0.307 e. The predicted octanol–water partition coefficient (Wildman–Crippen LogP) is 2.75. The molecule has 74 valence electrons. The average molecular weight is 255 g/mol. The molecule has 1 aromatic rings. The van der Waals surface area contributed by atoms with Gasteiger partial charge in [0.2, 0.25) is 5.91 Å². The molecule has 0 aromatic carbocycles. The first kappa shape index (κ1) is 10.9. The number of hydrogen-bond donors (Lipinski definition) is 1. The van der Waals surface area contributed by atoms with E-state index in [0.29, 0.717) is 5.82 Å². The molecule has 1 aromatic heterocycles. The Morgan fingerprint density at radius 2 is 2.29 bits per heavy atom. The Balaban J connectivity index is 2.70. The topological polar surface area (TPSA) is 42.0 Å². The predicted molar refractivity (Wildman–Crippen MR) is 60.0 cm³/mol. The van der Waals surface area contributed by atoms with Crippen molar-refractivity contribution in [3.05, 3.63) is 34.5 Å². The molecule has 0 bridgehead atoms. The van der Waals surface area contributed by atoms with Crippen LogP contribution >= 0.6 is 15.9 Å². The van der Waals surface area contributed by atoms with Gasteiger partial charge in [0.25, 0.3) is 0 Å². The molecule has 0 aliphatic carbocycles. The molecule has 0 aliphatic heterocycles. The number of hydrogen-bond acceptors (Lipinski definition) is 2. The average Bonchev–Trinajstić information content (AvgIpc) is 2.01. The van der Waals surface area contributed by atoms with E-state index in [1.807, 2.05) is 13.8 Å². The highest BCUT2D eigenvalue weighted by Gasteiger charge is 1.99. The van der Waals surface area contributed by atoms with Crippen molar-refractivity contribution in [1.29, 1.82) is 0 Å². The minimum atomic E-state index is -0.157. The summed E-state index contributed by atoms with van der Waals surface area (Å²) in [6, 6.07) is 3.55. The third-order valence-electron chi connectivity index (χ3n) is 1.39. The van der Waals surface area contributed by atoms with Crippen molar-refractivity contribution < 1.29 is 4.79 Å². The van der Waals surface area contributed by atoms with Gasteiger partial charge < -0.3 is 5.32 Å². The maximum absolute atomic E-state index is 11.3. The van der Waals surface area contributed by atoms with E-state index in [4.69, 9.17) is 0 Å². The molecule has 0 saturated heterocycles. The number of pyridine rings is 1. The van der Waals surface area contributed by atoms with Crippen LogP contribution in [0.4, 0.5) is 5.82 Å². The van der Waals surface area contributed by atoms with Crippen molar-refractivity contribution in [2.24, 2.45) is 0 Å². The van der Waals surface area contributed by atoms with Crippen LogP contribution in [0.3, 0.4) is 0 Å². The fourth-order valence-electron chi connectivity index (χ4n) is 0.898. The summed E-state index contributed by atoms with van der Waals surface area (Å²) in [6.07, 6.45) is 3.16. The van der Waals surface area contributed by atoms with Crippen LogP contribution in [0.15, 0.2) is 34.5 Å². The monoisotopic (exact) mass is 254 g/mol. The third kappa shape index (κ3) is 3.70. The van der Waals surface area contributed by atoms with Crippen LogP contribution in [-0.4, -0.2) is 10.9 Å². The molecule has 0 radical (unpaired) electrons. The van der Waals surface area contributed by atoms with Gasteiger partial charge in [-0.05, 0) is 26.0 Å². The number of anilines is 1. The molecule has 0 saturated carbocycles. The SMILES string of the molecule is CC(C)=CC(=O)Nc1cc(Br)ccn1. The summed E-state index contributed by atoms with van der Waals surface area (Å²) in [5, 5.41) is 2.66. The van der Waals surface area contributed by atoms with E-state index in [2.05, 4.69) is 26.2 Å². The zero-order valence-corrected chi connectivity index (χ0v) is 9.63. The minimum Gasteiger partial charge on any atom is -0.307 e. The fourth-order valence-corrected chi connectivity index (χ4v) is 1.23. The van der Waals surface area contributed by atoms with E-state index in [9.17, 15) is 4.79 Å². The van der Waals surface area contributed by atoms with Crippen molar-refractivity contribution in [3.8, 4) is 0 Å². The first-order valence-electron chi connectivity index (χ1n) is 4.15. The molecule has 14 heavy (non-hydrogen) atoms. The third-order valence-corrected chi connectivity index (χ3v) is 1.89. The Hall–Kier alpha value is -1.16. The van der Waals surface area contributed by atoms with Gasteiger partial charge in [-0.2, -0.15) is 0 Å².